The van der Waals surface area contributed by atoms with Crippen LogP contribution < -0.4 is 0 Å². The van der Waals surface area contributed by atoms with E-state index in [4.69, 9.17) is 15.0 Å². The number of nitrogens with zero attached hydrogens (tertiary/aromatic N) is 2. The van der Waals surface area contributed by atoms with Gasteiger partial charge in [0.15, 0.2) is 5.90 Å². The average molecular weight is 672 g/mol. The van der Waals surface area contributed by atoms with E-state index in [0.29, 0.717) is 24.1 Å². The van der Waals surface area contributed by atoms with Crippen LogP contribution in [0.2, 0.25) is 0 Å². The van der Waals surface area contributed by atoms with Gasteiger partial charge in [-0.05, 0) is 25.2 Å². The minimum absolute atomic E-state index is 0. The Kier molecular flexibility index (Phi) is 10.3. The number of hydrogen-bond donors (Lipinski definition) is 0. The van der Waals surface area contributed by atoms with Crippen molar-refractivity contribution in [1.82, 2.24) is 0 Å². The number of piperidine rings is 1. The topological polar surface area (TPSA) is 35.7 Å². The number of rotatable bonds is 2. The maximum Gasteiger partial charge on any atom is 3.00 e. The molecule has 2 aliphatic heterocycles. The Hall–Kier alpha value is 0.0794. The molecular weight excluding hydrogens is 621 g/mol. The van der Waals surface area contributed by atoms with Gasteiger partial charge in [-0.25, -0.2) is 0 Å². The molecule has 4 heteroatoms. The van der Waals surface area contributed by atoms with E-state index >= 15 is 0 Å². The predicted octanol–water partition coefficient (Wildman–Crippen LogP) is 8.62. The third-order valence-corrected chi connectivity index (χ3v) is 10.9. The molecule has 9 atom stereocenters. The molecule has 2 heterocycles. The van der Waals surface area contributed by atoms with E-state index in [0.717, 1.165) is 35.6 Å². The molecule has 7 aliphatic rings. The van der Waals surface area contributed by atoms with Gasteiger partial charge < -0.3 is 22.9 Å². The second-order valence-corrected chi connectivity index (χ2v) is 13.1. The molecule has 0 N–H and O–H groups in total. The first kappa shape index (κ1) is 27.6. The van der Waals surface area contributed by atoms with Crippen LogP contribution in [0.4, 0.5) is 0 Å². The molecule has 9 unspecified atom stereocenters. The van der Waals surface area contributed by atoms with Crippen LogP contribution in [0.1, 0.15) is 128 Å². The summed E-state index contributed by atoms with van der Waals surface area (Å²) in [5.41, 5.74) is 0. The van der Waals surface area contributed by atoms with E-state index in [-0.39, 0.29) is 20.1 Å². The minimum atomic E-state index is 0. The van der Waals surface area contributed by atoms with Gasteiger partial charge in [-0.15, -0.1) is 6.04 Å². The van der Waals surface area contributed by atoms with Gasteiger partial charge in [-0.3, -0.25) is 4.99 Å². The second kappa shape index (κ2) is 13.4. The first-order valence-electron chi connectivity index (χ1n) is 16.0. The van der Waals surface area contributed by atoms with Crippen molar-refractivity contribution in [2.24, 2.45) is 34.6 Å². The fraction of sp³-hybridized carbons (Fsp3) is 0.906. The summed E-state index contributed by atoms with van der Waals surface area (Å²) in [6, 6.07) is 1.96. The molecule has 204 valence electrons. The number of fused-ring (bicyclic) bond motifs is 3. The summed E-state index contributed by atoms with van der Waals surface area (Å²) < 4.78 is 6.02. The van der Waals surface area contributed by atoms with Crippen molar-refractivity contribution in [3.63, 3.8) is 0 Å². The number of aliphatic imine (C=N–C) groups is 1. The molecule has 7 rings (SSSR count). The fourth-order valence-electron chi connectivity index (χ4n) is 9.00. The summed E-state index contributed by atoms with van der Waals surface area (Å²) in [5, 5.41) is 5.39. The normalized spacial score (nSPS) is 44.2. The van der Waals surface area contributed by atoms with Crippen LogP contribution in [-0.4, -0.2) is 30.1 Å². The predicted molar refractivity (Wildman–Crippen MR) is 145 cm³/mol. The zero-order valence-electron chi connectivity index (χ0n) is 22.6. The third-order valence-electron chi connectivity index (χ3n) is 10.9. The number of hydrogen-bond acceptors (Lipinski definition) is 2. The van der Waals surface area contributed by atoms with Gasteiger partial charge in [-0.2, -0.15) is 24.8 Å². The molecule has 3 nitrogen and oxygen atoms in total. The van der Waals surface area contributed by atoms with Gasteiger partial charge in [-0.1, -0.05) is 114 Å². The Labute approximate surface area is 235 Å². The van der Waals surface area contributed by atoms with Crippen molar-refractivity contribution < 1.29 is 24.8 Å². The van der Waals surface area contributed by atoms with Crippen molar-refractivity contribution in [2.45, 2.75) is 153 Å². The summed E-state index contributed by atoms with van der Waals surface area (Å²) in [5.74, 6) is 5.50. The first-order valence-corrected chi connectivity index (χ1v) is 16.0. The molecule has 0 amide bonds. The molecule has 0 aromatic rings. The van der Waals surface area contributed by atoms with Crippen LogP contribution in [0.25, 0.3) is 5.32 Å². The third kappa shape index (κ3) is 6.44. The maximum atomic E-state index is 6.02. The summed E-state index contributed by atoms with van der Waals surface area (Å²) in [6.07, 6.45) is 33.5. The van der Waals surface area contributed by atoms with Gasteiger partial charge in [0.1, 0.15) is 6.10 Å². The molecule has 1 saturated heterocycles. The average Bonchev–Trinajstić information content (AvgIpc) is 3.38. The molecule has 0 aromatic carbocycles. The Morgan fingerprint density at radius 1 is 0.639 bits per heavy atom. The van der Waals surface area contributed by atoms with Gasteiger partial charge in [0.25, 0.3) is 0 Å². The van der Waals surface area contributed by atoms with Gasteiger partial charge in [0.05, 0.1) is 6.04 Å². The van der Waals surface area contributed by atoms with Gasteiger partial charge in [0.2, 0.25) is 0 Å². The zero-order valence-corrected chi connectivity index (χ0v) is 25.0. The molecule has 6 fully saturated rings. The van der Waals surface area contributed by atoms with E-state index in [1.807, 2.05) is 0 Å². The van der Waals surface area contributed by atoms with Crippen LogP contribution in [0, 0.1) is 42.4 Å². The van der Waals surface area contributed by atoms with E-state index in [2.05, 4.69) is 12.8 Å². The molecule has 5 aliphatic carbocycles. The Morgan fingerprint density at radius 2 is 1.42 bits per heavy atom. The Morgan fingerprint density at radius 3 is 2.28 bits per heavy atom. The van der Waals surface area contributed by atoms with Crippen LogP contribution in [0.3, 0.4) is 0 Å². The van der Waals surface area contributed by atoms with Crippen LogP contribution in [-0.2, 0) is 24.8 Å². The first-order chi connectivity index (χ1) is 17.3. The van der Waals surface area contributed by atoms with E-state index in [1.54, 1.807) is 0 Å². The molecule has 0 spiro atoms. The number of ether oxygens (including phenoxy) is 1. The van der Waals surface area contributed by atoms with Gasteiger partial charge in [0, 0.05) is 0 Å². The SMILES string of the molecule is [CH-]1CCC2CCCCC2C1C1CCC2CCCCC2[N-]1.[CH-]1CCCCC1C1=NC2CCCCC2O1.[Ir+3]. The van der Waals surface area contributed by atoms with Gasteiger partial charge >= 0.3 is 20.1 Å². The van der Waals surface area contributed by atoms with Crippen molar-refractivity contribution in [1.29, 1.82) is 0 Å². The van der Waals surface area contributed by atoms with E-state index < -0.39 is 0 Å². The van der Waals surface area contributed by atoms with E-state index in [1.165, 1.54) is 128 Å². The van der Waals surface area contributed by atoms with E-state index in [9.17, 15) is 0 Å². The summed E-state index contributed by atoms with van der Waals surface area (Å²) >= 11 is 0. The van der Waals surface area contributed by atoms with Crippen molar-refractivity contribution in [3.8, 4) is 0 Å². The standard InChI is InChI=1S/C19H31N.C13H20NO.Ir/c1-3-9-16-14(6-1)8-5-10-17(16)19-13-12-15-7-2-4-11-18(15)20-19;1-2-6-10(7-3-1)13-14-11-8-4-5-9-12(11)15-13;/h10,14-19H,1-9,11-13H2;6,10-12H,1-5,7-9H2;/q-2;-1;+3. The van der Waals surface area contributed by atoms with Crippen molar-refractivity contribution in [2.75, 3.05) is 0 Å². The zero-order chi connectivity index (χ0) is 23.5. The molecule has 0 bridgehead atoms. The van der Waals surface area contributed by atoms with Crippen LogP contribution in [0.5, 0.6) is 0 Å². The summed E-state index contributed by atoms with van der Waals surface area (Å²) in [6.45, 7) is 0. The summed E-state index contributed by atoms with van der Waals surface area (Å²) in [4.78, 5) is 4.80. The largest absolute Gasteiger partial charge is 3.00 e. The van der Waals surface area contributed by atoms with Crippen molar-refractivity contribution >= 4 is 5.90 Å². The molecule has 0 radical (unpaired) electrons. The Bertz CT molecular complexity index is 704. The Balaban J connectivity index is 0.000000150. The van der Waals surface area contributed by atoms with Crippen molar-refractivity contribution in [3.05, 3.63) is 18.2 Å². The maximum absolute atomic E-state index is 6.02. The van der Waals surface area contributed by atoms with Crippen LogP contribution >= 0.6 is 0 Å². The smallest absolute Gasteiger partial charge is 0.658 e. The molecule has 36 heavy (non-hydrogen) atoms. The summed E-state index contributed by atoms with van der Waals surface area (Å²) in [7, 11) is 0. The van der Waals surface area contributed by atoms with Crippen LogP contribution in [0.15, 0.2) is 4.99 Å². The molecule has 0 aromatic heterocycles. The quantitative estimate of drug-likeness (QED) is 0.271. The fourth-order valence-corrected chi connectivity index (χ4v) is 9.00. The molecule has 5 saturated carbocycles. The minimum Gasteiger partial charge on any atom is -0.658 e. The monoisotopic (exact) mass is 672 g/mol. The molecular formula is C32H51IrN2O. The second-order valence-electron chi connectivity index (χ2n) is 13.1.